The van der Waals surface area contributed by atoms with Gasteiger partial charge in [-0.15, -0.1) is 0 Å². The second kappa shape index (κ2) is 11.8. The fraction of sp³-hybridized carbons (Fsp3) is 0.424. The van der Waals surface area contributed by atoms with Crippen LogP contribution in [0.15, 0.2) is 72.8 Å². The number of esters is 1. The van der Waals surface area contributed by atoms with Gasteiger partial charge in [-0.3, -0.25) is 14.9 Å². The number of ether oxygens (including phenoxy) is 3. The van der Waals surface area contributed by atoms with Gasteiger partial charge in [0.15, 0.2) is 17.3 Å². The Balaban J connectivity index is 1.64. The quantitative estimate of drug-likeness (QED) is 0.165. The van der Waals surface area contributed by atoms with Crippen molar-refractivity contribution in [1.29, 1.82) is 0 Å². The van der Waals surface area contributed by atoms with Gasteiger partial charge in [0.2, 0.25) is 0 Å². The molecule has 0 aromatic heterocycles. The molecule has 1 aliphatic carbocycles. The van der Waals surface area contributed by atoms with E-state index < -0.39 is 33.5 Å². The average Bonchev–Trinajstić information content (AvgIpc) is 3.41. The second-order valence-electron chi connectivity index (χ2n) is 12.1. The van der Waals surface area contributed by atoms with E-state index in [2.05, 4.69) is 0 Å². The summed E-state index contributed by atoms with van der Waals surface area (Å²) in [5, 5.41) is 12.3. The monoisotopic (exact) mass is 576 g/mol. The van der Waals surface area contributed by atoms with Crippen LogP contribution in [0.3, 0.4) is 0 Å². The van der Waals surface area contributed by atoms with Crippen molar-refractivity contribution in [3.05, 3.63) is 105 Å². The van der Waals surface area contributed by atoms with E-state index in [1.165, 1.54) is 12.1 Å². The van der Waals surface area contributed by atoms with Gasteiger partial charge in [-0.05, 0) is 50.8 Å². The maximum Gasteiger partial charge on any atom is 0.317 e. The summed E-state index contributed by atoms with van der Waals surface area (Å²) >= 11 is 0. The van der Waals surface area contributed by atoms with Crippen LogP contribution in [0.2, 0.25) is 0 Å². The van der Waals surface area contributed by atoms with Gasteiger partial charge in [0, 0.05) is 37.6 Å². The van der Waals surface area contributed by atoms with Crippen molar-refractivity contribution in [3.63, 3.8) is 0 Å². The number of halogens is 1. The standard InChI is InChI=1S/C33H37FN2O6/c1-31(2,3)42-30(37)32(16-18-33(19-17-32)40-20-21-41-33)26-14-15-27(36(38)39)29(28(26)34)35(22-24-10-6-4-7-11-24)23-25-12-8-5-9-13-25/h4-15H,16-23H2,1-3H3. The first-order chi connectivity index (χ1) is 20.0. The Labute approximate surface area is 245 Å². The topological polar surface area (TPSA) is 91.1 Å². The second-order valence-corrected chi connectivity index (χ2v) is 12.1. The number of nitro benzene ring substituents is 1. The van der Waals surface area contributed by atoms with Crippen molar-refractivity contribution in [2.24, 2.45) is 0 Å². The lowest BCUT2D eigenvalue weighted by Gasteiger charge is -2.43. The molecule has 5 rings (SSSR count). The van der Waals surface area contributed by atoms with Crippen molar-refractivity contribution < 1.29 is 28.3 Å². The first kappa shape index (κ1) is 29.7. The van der Waals surface area contributed by atoms with E-state index in [0.717, 1.165) is 11.1 Å². The summed E-state index contributed by atoms with van der Waals surface area (Å²) in [6.07, 6.45) is 1.17. The zero-order valence-electron chi connectivity index (χ0n) is 24.3. The first-order valence-electron chi connectivity index (χ1n) is 14.3. The summed E-state index contributed by atoms with van der Waals surface area (Å²) in [5.74, 6) is -2.15. The molecule has 222 valence electrons. The molecule has 9 heteroatoms. The van der Waals surface area contributed by atoms with E-state index in [1.807, 2.05) is 60.7 Å². The third kappa shape index (κ3) is 6.17. The van der Waals surface area contributed by atoms with Crippen molar-refractivity contribution in [2.45, 2.75) is 76.3 Å². The predicted molar refractivity (Wildman–Crippen MR) is 156 cm³/mol. The van der Waals surface area contributed by atoms with Crippen LogP contribution in [0.1, 0.15) is 63.1 Å². The van der Waals surface area contributed by atoms with Gasteiger partial charge in [0.25, 0.3) is 5.69 Å². The van der Waals surface area contributed by atoms with E-state index in [4.69, 9.17) is 14.2 Å². The van der Waals surface area contributed by atoms with Gasteiger partial charge in [-0.2, -0.15) is 0 Å². The van der Waals surface area contributed by atoms with Gasteiger partial charge in [-0.25, -0.2) is 4.39 Å². The minimum absolute atomic E-state index is 0.0938. The first-order valence-corrected chi connectivity index (χ1v) is 14.3. The summed E-state index contributed by atoms with van der Waals surface area (Å²) in [4.78, 5) is 27.4. The Morgan fingerprint density at radius 1 is 0.905 bits per heavy atom. The molecule has 0 N–H and O–H groups in total. The number of carbonyl (C=O) groups excluding carboxylic acids is 1. The molecule has 1 spiro atoms. The molecule has 3 aromatic rings. The summed E-state index contributed by atoms with van der Waals surface area (Å²) in [5.41, 5.74) is -0.872. The molecule has 1 saturated heterocycles. The van der Waals surface area contributed by atoms with Gasteiger partial charge in [0.05, 0.1) is 23.6 Å². The molecule has 0 unspecified atom stereocenters. The number of nitro groups is 1. The van der Waals surface area contributed by atoms with E-state index in [0.29, 0.717) is 26.1 Å². The van der Waals surface area contributed by atoms with Crippen LogP contribution in [-0.4, -0.2) is 35.5 Å². The van der Waals surface area contributed by atoms with Crippen LogP contribution in [0.5, 0.6) is 0 Å². The number of carbonyl (C=O) groups is 1. The molecular weight excluding hydrogens is 539 g/mol. The lowest BCUT2D eigenvalue weighted by molar-refractivity contribution is -0.384. The molecule has 0 atom stereocenters. The number of benzene rings is 3. The fourth-order valence-corrected chi connectivity index (χ4v) is 6.00. The highest BCUT2D eigenvalue weighted by Crippen LogP contribution is 2.50. The molecule has 1 aliphatic heterocycles. The van der Waals surface area contributed by atoms with E-state index in [-0.39, 0.29) is 42.9 Å². The Hall–Kier alpha value is -3.82. The van der Waals surface area contributed by atoms with Crippen molar-refractivity contribution >= 4 is 17.3 Å². The minimum atomic E-state index is -1.37. The normalized spacial score (nSPS) is 17.6. The molecule has 1 heterocycles. The van der Waals surface area contributed by atoms with Crippen LogP contribution in [0.25, 0.3) is 0 Å². The molecule has 0 amide bonds. The Bertz CT molecular complexity index is 1370. The van der Waals surface area contributed by atoms with Crippen LogP contribution < -0.4 is 4.90 Å². The molecule has 2 fully saturated rings. The van der Waals surface area contributed by atoms with E-state index in [9.17, 15) is 14.9 Å². The largest absolute Gasteiger partial charge is 0.459 e. The maximum atomic E-state index is 17.1. The third-order valence-corrected chi connectivity index (χ3v) is 8.02. The summed E-state index contributed by atoms with van der Waals surface area (Å²) in [7, 11) is 0. The van der Waals surface area contributed by atoms with E-state index >= 15 is 4.39 Å². The van der Waals surface area contributed by atoms with E-state index in [1.54, 1.807) is 25.7 Å². The summed E-state index contributed by atoms with van der Waals surface area (Å²) in [6.45, 7) is 6.68. The molecule has 8 nitrogen and oxygen atoms in total. The fourth-order valence-electron chi connectivity index (χ4n) is 6.00. The number of hydrogen-bond acceptors (Lipinski definition) is 7. The number of rotatable bonds is 8. The predicted octanol–water partition coefficient (Wildman–Crippen LogP) is 6.84. The van der Waals surface area contributed by atoms with Gasteiger partial charge < -0.3 is 19.1 Å². The molecule has 3 aromatic carbocycles. The van der Waals surface area contributed by atoms with Gasteiger partial charge >= 0.3 is 5.97 Å². The Morgan fingerprint density at radius 2 is 1.43 bits per heavy atom. The third-order valence-electron chi connectivity index (χ3n) is 8.02. The Morgan fingerprint density at radius 3 is 1.90 bits per heavy atom. The maximum absolute atomic E-state index is 17.1. The van der Waals surface area contributed by atoms with Crippen LogP contribution in [0, 0.1) is 15.9 Å². The zero-order valence-corrected chi connectivity index (χ0v) is 24.3. The number of nitrogens with zero attached hydrogens (tertiary/aromatic N) is 2. The molecule has 0 radical (unpaired) electrons. The lowest BCUT2D eigenvalue weighted by Crippen LogP contribution is -2.49. The van der Waals surface area contributed by atoms with Crippen molar-refractivity contribution in [1.82, 2.24) is 0 Å². The smallest absolute Gasteiger partial charge is 0.317 e. The molecule has 1 saturated carbocycles. The summed E-state index contributed by atoms with van der Waals surface area (Å²) < 4.78 is 34.8. The minimum Gasteiger partial charge on any atom is -0.459 e. The highest BCUT2D eigenvalue weighted by atomic mass is 19.1. The highest BCUT2D eigenvalue weighted by molar-refractivity contribution is 5.85. The number of hydrogen-bond donors (Lipinski definition) is 0. The molecule has 42 heavy (non-hydrogen) atoms. The van der Waals surface area contributed by atoms with Crippen LogP contribution >= 0.6 is 0 Å². The van der Waals surface area contributed by atoms with Crippen LogP contribution in [-0.2, 0) is 37.5 Å². The van der Waals surface area contributed by atoms with Crippen LogP contribution in [0.4, 0.5) is 15.8 Å². The molecule has 2 aliphatic rings. The molecular formula is C33H37FN2O6. The average molecular weight is 577 g/mol. The molecule has 0 bridgehead atoms. The lowest BCUT2D eigenvalue weighted by atomic mass is 9.67. The highest BCUT2D eigenvalue weighted by Gasteiger charge is 2.54. The van der Waals surface area contributed by atoms with Crippen molar-refractivity contribution in [3.8, 4) is 0 Å². The van der Waals surface area contributed by atoms with Gasteiger partial charge in [0.1, 0.15) is 5.60 Å². The number of anilines is 1. The zero-order chi connectivity index (χ0) is 30.0. The van der Waals surface area contributed by atoms with Crippen molar-refractivity contribution in [2.75, 3.05) is 18.1 Å². The van der Waals surface area contributed by atoms with Gasteiger partial charge in [-0.1, -0.05) is 60.7 Å². The SMILES string of the molecule is CC(C)(C)OC(=O)C1(c2ccc([N+](=O)[O-])c(N(Cc3ccccc3)Cc3ccccc3)c2F)CCC2(CC1)OCCO2. The summed E-state index contributed by atoms with van der Waals surface area (Å²) in [6, 6.07) is 21.6. The Kier molecular flexibility index (Phi) is 8.35.